The Bertz CT molecular complexity index is 468. The van der Waals surface area contributed by atoms with E-state index in [1.807, 2.05) is 24.3 Å². The first-order valence-electron chi connectivity index (χ1n) is 8.30. The van der Waals surface area contributed by atoms with Gasteiger partial charge in [0.25, 0.3) is 0 Å². The van der Waals surface area contributed by atoms with E-state index < -0.39 is 8.32 Å². The molecule has 0 radical (unpaired) electrons. The zero-order chi connectivity index (χ0) is 17.5. The standard InChI is InChI=1S/C19H32O2SSi/c1-7-11-17(21-23(5,6)19(2,3)4)14-16(20)15-22-18-12-9-8-10-13-18/h7-10,12-13,16-17,20H,1,11,14-15H2,2-6H3/t16-,17+/m1/s1. The smallest absolute Gasteiger partial charge is 0.192 e. The number of aliphatic hydroxyl groups excluding tert-OH is 1. The van der Waals surface area contributed by atoms with Gasteiger partial charge in [0.1, 0.15) is 0 Å². The minimum absolute atomic E-state index is 0.0553. The van der Waals surface area contributed by atoms with Gasteiger partial charge in [-0.1, -0.05) is 45.0 Å². The van der Waals surface area contributed by atoms with Crippen molar-refractivity contribution in [3.8, 4) is 0 Å². The maximum absolute atomic E-state index is 10.4. The van der Waals surface area contributed by atoms with Crippen molar-refractivity contribution < 1.29 is 9.53 Å². The summed E-state index contributed by atoms with van der Waals surface area (Å²) in [5, 5.41) is 10.6. The molecule has 1 aromatic rings. The van der Waals surface area contributed by atoms with Crippen LogP contribution in [0.15, 0.2) is 47.9 Å². The van der Waals surface area contributed by atoms with Crippen LogP contribution in [0.25, 0.3) is 0 Å². The van der Waals surface area contributed by atoms with Crippen LogP contribution >= 0.6 is 11.8 Å². The minimum atomic E-state index is -1.82. The van der Waals surface area contributed by atoms with Crippen molar-refractivity contribution in [3.05, 3.63) is 43.0 Å². The number of rotatable bonds is 9. The van der Waals surface area contributed by atoms with E-state index in [1.165, 1.54) is 4.90 Å². The van der Waals surface area contributed by atoms with Gasteiger partial charge in [-0.25, -0.2) is 0 Å². The SMILES string of the molecule is C=CC[C@@H](C[C@@H](O)CSc1ccccc1)O[Si](C)(C)C(C)(C)C. The Balaban J connectivity index is 2.56. The first-order valence-corrected chi connectivity index (χ1v) is 12.2. The van der Waals surface area contributed by atoms with Crippen LogP contribution in [-0.2, 0) is 4.43 Å². The Labute approximate surface area is 147 Å². The lowest BCUT2D eigenvalue weighted by Gasteiger charge is -2.39. The van der Waals surface area contributed by atoms with Crippen molar-refractivity contribution in [2.45, 2.75) is 68.8 Å². The van der Waals surface area contributed by atoms with Gasteiger partial charge in [-0.15, -0.1) is 18.3 Å². The molecule has 0 aliphatic rings. The predicted octanol–water partition coefficient (Wildman–Crippen LogP) is 5.50. The summed E-state index contributed by atoms with van der Waals surface area (Å²) in [5.74, 6) is 0.693. The number of hydrogen-bond acceptors (Lipinski definition) is 3. The molecule has 1 N–H and O–H groups in total. The Hall–Kier alpha value is -0.553. The summed E-state index contributed by atoms with van der Waals surface area (Å²) in [5.41, 5.74) is 0. The van der Waals surface area contributed by atoms with E-state index >= 15 is 0 Å². The normalized spacial score (nSPS) is 15.2. The highest BCUT2D eigenvalue weighted by atomic mass is 32.2. The van der Waals surface area contributed by atoms with E-state index in [0.717, 1.165) is 6.42 Å². The minimum Gasteiger partial charge on any atom is -0.414 e. The Morgan fingerprint density at radius 3 is 2.39 bits per heavy atom. The van der Waals surface area contributed by atoms with E-state index in [1.54, 1.807) is 11.8 Å². The molecule has 0 spiro atoms. The highest BCUT2D eigenvalue weighted by Gasteiger charge is 2.39. The van der Waals surface area contributed by atoms with Gasteiger partial charge < -0.3 is 9.53 Å². The van der Waals surface area contributed by atoms with Crippen LogP contribution in [0.4, 0.5) is 0 Å². The Morgan fingerprint density at radius 1 is 1.26 bits per heavy atom. The molecular weight excluding hydrogens is 320 g/mol. The van der Waals surface area contributed by atoms with Crippen LogP contribution in [0.5, 0.6) is 0 Å². The van der Waals surface area contributed by atoms with E-state index in [9.17, 15) is 5.11 Å². The molecule has 2 nitrogen and oxygen atoms in total. The second-order valence-electron chi connectivity index (χ2n) is 7.54. The summed E-state index contributed by atoms with van der Waals surface area (Å²) < 4.78 is 6.46. The summed E-state index contributed by atoms with van der Waals surface area (Å²) in [7, 11) is -1.82. The average molecular weight is 353 g/mol. The van der Waals surface area contributed by atoms with E-state index in [4.69, 9.17) is 4.43 Å². The molecule has 2 atom stereocenters. The van der Waals surface area contributed by atoms with Gasteiger partial charge in [0, 0.05) is 10.6 Å². The summed E-state index contributed by atoms with van der Waals surface area (Å²) in [6, 6.07) is 10.2. The fourth-order valence-corrected chi connectivity index (χ4v) is 4.30. The van der Waals surface area contributed by atoms with E-state index in [2.05, 4.69) is 52.6 Å². The van der Waals surface area contributed by atoms with Gasteiger partial charge in [-0.2, -0.15) is 0 Å². The second-order valence-corrected chi connectivity index (χ2v) is 13.4. The van der Waals surface area contributed by atoms with Crippen molar-refractivity contribution in [2.75, 3.05) is 5.75 Å². The van der Waals surface area contributed by atoms with Gasteiger partial charge in [0.05, 0.1) is 12.2 Å². The molecule has 0 saturated carbocycles. The monoisotopic (exact) mass is 352 g/mol. The van der Waals surface area contributed by atoms with Crippen molar-refractivity contribution in [2.24, 2.45) is 0 Å². The quantitative estimate of drug-likeness (QED) is 0.362. The highest BCUT2D eigenvalue weighted by Crippen LogP contribution is 2.38. The summed E-state index contributed by atoms with van der Waals surface area (Å²) in [6.45, 7) is 15.1. The molecule has 0 heterocycles. The zero-order valence-corrected chi connectivity index (χ0v) is 17.0. The molecule has 4 heteroatoms. The van der Waals surface area contributed by atoms with Crippen molar-refractivity contribution in [3.63, 3.8) is 0 Å². The predicted molar refractivity (Wildman–Crippen MR) is 105 cm³/mol. The molecule has 0 fully saturated rings. The first-order chi connectivity index (χ1) is 10.7. The average Bonchev–Trinajstić information content (AvgIpc) is 2.45. The summed E-state index contributed by atoms with van der Waals surface area (Å²) in [6.07, 6.45) is 3.04. The lowest BCUT2D eigenvalue weighted by molar-refractivity contribution is 0.101. The first kappa shape index (κ1) is 20.5. The Kier molecular flexibility index (Phi) is 8.08. The molecule has 0 aliphatic carbocycles. The third-order valence-corrected chi connectivity index (χ3v) is 10.1. The molecule has 0 unspecified atom stereocenters. The molecule has 0 bridgehead atoms. The fourth-order valence-electron chi connectivity index (χ4n) is 2.05. The molecule has 0 aromatic heterocycles. The molecule has 1 rings (SSSR count). The van der Waals surface area contributed by atoms with Crippen LogP contribution < -0.4 is 0 Å². The van der Waals surface area contributed by atoms with Crippen molar-refractivity contribution in [1.82, 2.24) is 0 Å². The number of aliphatic hydroxyl groups is 1. The summed E-state index contributed by atoms with van der Waals surface area (Å²) in [4.78, 5) is 1.19. The highest BCUT2D eigenvalue weighted by molar-refractivity contribution is 7.99. The van der Waals surface area contributed by atoms with Crippen LogP contribution in [0.1, 0.15) is 33.6 Å². The molecular formula is C19H32O2SSi. The van der Waals surface area contributed by atoms with Crippen molar-refractivity contribution >= 4 is 20.1 Å². The third kappa shape index (κ3) is 7.25. The molecule has 0 amide bonds. The fraction of sp³-hybridized carbons (Fsp3) is 0.579. The molecule has 130 valence electrons. The molecule has 0 saturated heterocycles. The molecule has 0 aliphatic heterocycles. The van der Waals surface area contributed by atoms with E-state index in [0.29, 0.717) is 12.2 Å². The van der Waals surface area contributed by atoms with Crippen molar-refractivity contribution in [1.29, 1.82) is 0 Å². The third-order valence-electron chi connectivity index (χ3n) is 4.42. The van der Waals surface area contributed by atoms with E-state index in [-0.39, 0.29) is 17.2 Å². The van der Waals surface area contributed by atoms with Gasteiger partial charge >= 0.3 is 0 Å². The van der Waals surface area contributed by atoms with Gasteiger partial charge in [0.15, 0.2) is 8.32 Å². The lowest BCUT2D eigenvalue weighted by Crippen LogP contribution is -2.44. The van der Waals surface area contributed by atoms with Gasteiger partial charge in [-0.05, 0) is 43.1 Å². The van der Waals surface area contributed by atoms with Gasteiger partial charge in [0.2, 0.25) is 0 Å². The maximum Gasteiger partial charge on any atom is 0.192 e. The summed E-state index contributed by atoms with van der Waals surface area (Å²) >= 11 is 1.69. The van der Waals surface area contributed by atoms with Crippen LogP contribution in [-0.4, -0.2) is 31.4 Å². The maximum atomic E-state index is 10.4. The Morgan fingerprint density at radius 2 is 1.87 bits per heavy atom. The number of thioether (sulfide) groups is 1. The zero-order valence-electron chi connectivity index (χ0n) is 15.2. The van der Waals surface area contributed by atoms with Crippen LogP contribution in [0.2, 0.25) is 18.1 Å². The molecule has 1 aromatic carbocycles. The second kappa shape index (κ2) is 9.07. The number of hydrogen-bond donors (Lipinski definition) is 1. The lowest BCUT2D eigenvalue weighted by atomic mass is 10.1. The molecule has 23 heavy (non-hydrogen) atoms. The van der Waals surface area contributed by atoms with Crippen LogP contribution in [0.3, 0.4) is 0 Å². The van der Waals surface area contributed by atoms with Gasteiger partial charge in [-0.3, -0.25) is 0 Å². The number of benzene rings is 1. The topological polar surface area (TPSA) is 29.5 Å². The largest absolute Gasteiger partial charge is 0.414 e. The van der Waals surface area contributed by atoms with Crippen LogP contribution in [0, 0.1) is 0 Å².